The van der Waals surface area contributed by atoms with Crippen molar-refractivity contribution in [2.75, 3.05) is 39.3 Å². The highest BCUT2D eigenvalue weighted by molar-refractivity contribution is 9.10. The molecule has 6 rings (SSSR count). The van der Waals surface area contributed by atoms with Crippen molar-refractivity contribution in [3.63, 3.8) is 0 Å². The number of halogens is 1. The molecule has 2 aromatic carbocycles. The van der Waals surface area contributed by atoms with Crippen LogP contribution in [0.2, 0.25) is 0 Å². The number of hydrogen-bond acceptors (Lipinski definition) is 5. The van der Waals surface area contributed by atoms with Crippen LogP contribution in [0.1, 0.15) is 17.2 Å². The Kier molecular flexibility index (Phi) is 7.32. The minimum absolute atomic E-state index is 0.0914. The summed E-state index contributed by atoms with van der Waals surface area (Å²) in [7, 11) is 0. The first-order valence-corrected chi connectivity index (χ1v) is 14.1. The van der Waals surface area contributed by atoms with Gasteiger partial charge < -0.3 is 20.4 Å². The maximum absolute atomic E-state index is 13.2. The number of benzene rings is 2. The van der Waals surface area contributed by atoms with Crippen molar-refractivity contribution in [3.05, 3.63) is 111 Å². The Morgan fingerprint density at radius 2 is 1.82 bits per heavy atom. The molecule has 0 aromatic heterocycles. The summed E-state index contributed by atoms with van der Waals surface area (Å²) in [6.07, 6.45) is 8.65. The number of amides is 2. The number of nitrogens with one attached hydrogen (secondary N) is 2. The number of urea groups is 1. The van der Waals surface area contributed by atoms with Crippen molar-refractivity contribution in [1.82, 2.24) is 25.3 Å². The molecule has 0 spiro atoms. The average molecular weight is 588 g/mol. The molecule has 4 unspecified atom stereocenters. The van der Waals surface area contributed by atoms with Crippen LogP contribution in [-0.2, 0) is 0 Å². The van der Waals surface area contributed by atoms with E-state index >= 15 is 0 Å². The molecular weight excluding hydrogens is 556 g/mol. The maximum atomic E-state index is 13.2. The monoisotopic (exact) mass is 586 g/mol. The van der Waals surface area contributed by atoms with Gasteiger partial charge in [-0.3, -0.25) is 4.90 Å². The zero-order chi connectivity index (χ0) is 26.8. The van der Waals surface area contributed by atoms with Crippen molar-refractivity contribution in [3.8, 4) is 0 Å². The number of carbonyl (C=O) groups is 1. The summed E-state index contributed by atoms with van der Waals surface area (Å²) in [5.74, 6) is 0.892. The standard InChI is InChI=1S/C29H31BrN8O/c30-24-11-9-21(10-12-24)28-26(38-13-5-4-8-27(38)34-28)19-36-15-22-17-37(18-23(22)16-36)29(39)33-25(14-32-35-31)20-6-2-1-3-7-20/h1-13,22-23,25,27,34H,14-19H2,(H,33,39). The minimum atomic E-state index is -0.343. The van der Waals surface area contributed by atoms with Crippen molar-refractivity contribution < 1.29 is 4.79 Å². The quantitative estimate of drug-likeness (QED) is 0.269. The van der Waals surface area contributed by atoms with E-state index in [2.05, 4.69) is 95.1 Å². The molecule has 2 N–H and O–H groups in total. The Bertz CT molecular complexity index is 1340. The topological polar surface area (TPSA) is 99.6 Å². The molecule has 4 aliphatic heterocycles. The van der Waals surface area contributed by atoms with E-state index in [9.17, 15) is 4.79 Å². The van der Waals surface area contributed by atoms with Gasteiger partial charge in [0.1, 0.15) is 6.17 Å². The Morgan fingerprint density at radius 1 is 1.08 bits per heavy atom. The molecule has 39 heavy (non-hydrogen) atoms. The Balaban J connectivity index is 1.11. The second-order valence-electron chi connectivity index (χ2n) is 10.5. The van der Waals surface area contributed by atoms with Gasteiger partial charge >= 0.3 is 6.03 Å². The maximum Gasteiger partial charge on any atom is 0.317 e. The van der Waals surface area contributed by atoms with E-state index < -0.39 is 0 Å². The molecule has 0 saturated carbocycles. The summed E-state index contributed by atoms with van der Waals surface area (Å²) in [6, 6.07) is 17.7. The third kappa shape index (κ3) is 5.41. The summed E-state index contributed by atoms with van der Waals surface area (Å²) in [6.45, 7) is 4.44. The number of carbonyl (C=O) groups excluding carboxylic acids is 1. The first-order valence-electron chi connectivity index (χ1n) is 13.3. The zero-order valence-electron chi connectivity index (χ0n) is 21.5. The fourth-order valence-corrected chi connectivity index (χ4v) is 6.40. The van der Waals surface area contributed by atoms with Gasteiger partial charge in [-0.2, -0.15) is 0 Å². The fraction of sp³-hybridized carbons (Fsp3) is 0.345. The Morgan fingerprint density at radius 3 is 2.54 bits per heavy atom. The predicted molar refractivity (Wildman–Crippen MR) is 155 cm³/mol. The second kappa shape index (κ2) is 11.2. The highest BCUT2D eigenvalue weighted by Crippen LogP contribution is 2.35. The Labute approximate surface area is 236 Å². The van der Waals surface area contributed by atoms with Gasteiger partial charge in [-0.1, -0.05) is 69.6 Å². The van der Waals surface area contributed by atoms with Crippen LogP contribution in [-0.4, -0.2) is 66.2 Å². The van der Waals surface area contributed by atoms with Crippen LogP contribution in [0.4, 0.5) is 4.79 Å². The van der Waals surface area contributed by atoms with Crippen LogP contribution in [0, 0.1) is 11.8 Å². The number of allylic oxidation sites excluding steroid dienone is 2. The van der Waals surface area contributed by atoms with E-state index in [0.29, 0.717) is 11.8 Å². The van der Waals surface area contributed by atoms with E-state index in [1.807, 2.05) is 35.2 Å². The normalized spacial score (nSPS) is 24.3. The van der Waals surface area contributed by atoms with Crippen molar-refractivity contribution in [2.45, 2.75) is 12.2 Å². The Hall–Kier alpha value is -3.72. The van der Waals surface area contributed by atoms with Gasteiger partial charge in [0.2, 0.25) is 0 Å². The highest BCUT2D eigenvalue weighted by atomic mass is 79.9. The SMILES string of the molecule is [N-]=[N+]=NCC(NC(=O)N1CC2CN(CC3=C(c4ccc(Br)cc4)NC4C=CC=CN34)CC2C1)c1ccccc1. The number of azide groups is 1. The molecule has 4 atom stereocenters. The lowest BCUT2D eigenvalue weighted by Crippen LogP contribution is -2.43. The molecule has 4 aliphatic rings. The smallest absolute Gasteiger partial charge is 0.317 e. The number of rotatable bonds is 7. The van der Waals surface area contributed by atoms with Crippen LogP contribution in [0.25, 0.3) is 16.1 Å². The molecule has 0 radical (unpaired) electrons. The molecule has 0 bridgehead atoms. The number of likely N-dealkylation sites (tertiary alicyclic amines) is 2. The van der Waals surface area contributed by atoms with E-state index in [4.69, 9.17) is 5.53 Å². The molecule has 9 nitrogen and oxygen atoms in total. The first kappa shape index (κ1) is 25.6. The van der Waals surface area contributed by atoms with E-state index in [-0.39, 0.29) is 24.8 Å². The summed E-state index contributed by atoms with van der Waals surface area (Å²) in [4.78, 5) is 22.9. The van der Waals surface area contributed by atoms with Crippen molar-refractivity contribution in [1.29, 1.82) is 0 Å². The highest BCUT2D eigenvalue weighted by Gasteiger charge is 2.43. The zero-order valence-corrected chi connectivity index (χ0v) is 23.1. The van der Waals surface area contributed by atoms with Gasteiger partial charge in [-0.15, -0.1) is 0 Å². The van der Waals surface area contributed by atoms with Crippen molar-refractivity contribution >= 4 is 27.7 Å². The van der Waals surface area contributed by atoms with Crippen LogP contribution < -0.4 is 10.6 Å². The van der Waals surface area contributed by atoms with Gasteiger partial charge in [0.15, 0.2) is 0 Å². The third-order valence-corrected chi connectivity index (χ3v) is 8.55. The van der Waals surface area contributed by atoms with Gasteiger partial charge in [-0.25, -0.2) is 4.79 Å². The lowest BCUT2D eigenvalue weighted by molar-refractivity contribution is 0.196. The lowest BCUT2D eigenvalue weighted by atomic mass is 10.0. The molecule has 4 heterocycles. The third-order valence-electron chi connectivity index (χ3n) is 8.03. The predicted octanol–water partition coefficient (Wildman–Crippen LogP) is 5.06. The molecule has 2 fully saturated rings. The number of hydrogen-bond donors (Lipinski definition) is 2. The molecule has 2 amide bonds. The molecule has 200 valence electrons. The van der Waals surface area contributed by atoms with E-state index in [0.717, 1.165) is 42.8 Å². The second-order valence-corrected chi connectivity index (χ2v) is 11.4. The summed E-state index contributed by atoms with van der Waals surface area (Å²) in [5.41, 5.74) is 13.4. The first-order chi connectivity index (χ1) is 19.1. The molecule has 2 aromatic rings. The van der Waals surface area contributed by atoms with Gasteiger partial charge in [-0.05, 0) is 52.8 Å². The summed E-state index contributed by atoms with van der Waals surface area (Å²) < 4.78 is 1.07. The van der Waals surface area contributed by atoms with Crippen LogP contribution in [0.5, 0.6) is 0 Å². The van der Waals surface area contributed by atoms with Gasteiger partial charge in [0.05, 0.1) is 24.0 Å². The summed E-state index contributed by atoms with van der Waals surface area (Å²) >= 11 is 3.55. The van der Waals surface area contributed by atoms with E-state index in [1.54, 1.807) is 0 Å². The lowest BCUT2D eigenvalue weighted by Gasteiger charge is -2.28. The van der Waals surface area contributed by atoms with Crippen LogP contribution in [0.15, 0.2) is 94.3 Å². The summed E-state index contributed by atoms with van der Waals surface area (Å²) in [5, 5.41) is 10.5. The molecule has 0 aliphatic carbocycles. The molecule has 2 saturated heterocycles. The van der Waals surface area contributed by atoms with Crippen molar-refractivity contribution in [2.24, 2.45) is 17.0 Å². The van der Waals surface area contributed by atoms with E-state index in [1.165, 1.54) is 17.0 Å². The van der Waals surface area contributed by atoms with Crippen LogP contribution in [0.3, 0.4) is 0 Å². The van der Waals surface area contributed by atoms with Crippen LogP contribution >= 0.6 is 15.9 Å². The molecule has 10 heteroatoms. The fourth-order valence-electron chi connectivity index (χ4n) is 6.14. The molecular formula is C29H31BrN8O. The van der Waals surface area contributed by atoms with Gasteiger partial charge in [0, 0.05) is 48.3 Å². The average Bonchev–Trinajstić information content (AvgIpc) is 3.64. The van der Waals surface area contributed by atoms with Gasteiger partial charge in [0.25, 0.3) is 0 Å². The number of nitrogens with zero attached hydrogens (tertiary/aromatic N) is 6. The minimum Gasteiger partial charge on any atom is -0.360 e. The largest absolute Gasteiger partial charge is 0.360 e. The number of fused-ring (bicyclic) bond motifs is 2.